The van der Waals surface area contributed by atoms with Gasteiger partial charge < -0.3 is 25.2 Å². The van der Waals surface area contributed by atoms with Crippen LogP contribution in [0.25, 0.3) is 5.82 Å². The molecule has 3 N–H and O–H groups in total. The molecule has 0 saturated carbocycles. The number of nitrogens with one attached hydrogen (secondary N) is 2. The van der Waals surface area contributed by atoms with Crippen molar-refractivity contribution in [1.82, 2.24) is 24.8 Å². The Labute approximate surface area is 213 Å². The van der Waals surface area contributed by atoms with E-state index in [1.54, 1.807) is 35.9 Å². The SMILES string of the molecule is Cc1cnc(Nc2ccc3c(c2)OC(F)(F)O3)nc1-n1cnc(C(=O)NCc2cccc(Cl)c2CO)c1. The lowest BCUT2D eigenvalue weighted by molar-refractivity contribution is -0.286. The number of benzene rings is 2. The molecule has 0 bridgehead atoms. The molecule has 10 nitrogen and oxygen atoms in total. The van der Waals surface area contributed by atoms with Gasteiger partial charge in [0.15, 0.2) is 11.5 Å². The molecule has 0 aliphatic carbocycles. The lowest BCUT2D eigenvalue weighted by Gasteiger charge is -2.10. The van der Waals surface area contributed by atoms with Crippen molar-refractivity contribution in [3.05, 3.63) is 82.5 Å². The fourth-order valence-electron chi connectivity index (χ4n) is 3.68. The zero-order chi connectivity index (χ0) is 26.2. The number of aliphatic hydroxyl groups excluding tert-OH is 1. The van der Waals surface area contributed by atoms with E-state index in [0.717, 1.165) is 0 Å². The molecule has 3 heterocycles. The van der Waals surface area contributed by atoms with E-state index in [0.29, 0.717) is 33.2 Å². The average Bonchev–Trinajstić information content (AvgIpc) is 3.47. The Kier molecular flexibility index (Phi) is 6.36. The molecule has 2 aromatic heterocycles. The van der Waals surface area contributed by atoms with Crippen LogP contribution in [0.3, 0.4) is 0 Å². The van der Waals surface area contributed by atoms with Crippen molar-refractivity contribution >= 4 is 29.1 Å². The number of carbonyl (C=O) groups is 1. The van der Waals surface area contributed by atoms with Crippen LogP contribution in [0.15, 0.2) is 55.1 Å². The van der Waals surface area contributed by atoms with Crippen LogP contribution in [0, 0.1) is 6.92 Å². The first-order valence-electron chi connectivity index (χ1n) is 10.9. The van der Waals surface area contributed by atoms with Crippen molar-refractivity contribution in [2.75, 3.05) is 5.32 Å². The lowest BCUT2D eigenvalue weighted by atomic mass is 10.1. The largest absolute Gasteiger partial charge is 0.586 e. The number of imidazole rings is 1. The summed E-state index contributed by atoms with van der Waals surface area (Å²) in [6.07, 6.45) is 0.813. The number of halogens is 3. The first-order chi connectivity index (χ1) is 17.7. The zero-order valence-electron chi connectivity index (χ0n) is 19.2. The van der Waals surface area contributed by atoms with Crippen molar-refractivity contribution in [3.63, 3.8) is 0 Å². The summed E-state index contributed by atoms with van der Waals surface area (Å²) in [4.78, 5) is 25.5. The number of amides is 1. The Bertz CT molecular complexity index is 1500. The molecule has 0 unspecified atom stereocenters. The molecule has 0 spiro atoms. The maximum absolute atomic E-state index is 13.3. The molecule has 0 fully saturated rings. The van der Waals surface area contributed by atoms with Gasteiger partial charge in [0.1, 0.15) is 17.8 Å². The summed E-state index contributed by atoms with van der Waals surface area (Å²) >= 11 is 6.10. The van der Waals surface area contributed by atoms with Crippen LogP contribution in [0.5, 0.6) is 11.5 Å². The van der Waals surface area contributed by atoms with Crippen molar-refractivity contribution in [2.45, 2.75) is 26.4 Å². The highest BCUT2D eigenvalue weighted by Gasteiger charge is 2.43. The van der Waals surface area contributed by atoms with E-state index in [1.807, 2.05) is 0 Å². The van der Waals surface area contributed by atoms with Gasteiger partial charge >= 0.3 is 6.29 Å². The second-order valence-corrected chi connectivity index (χ2v) is 8.45. The molecule has 190 valence electrons. The van der Waals surface area contributed by atoms with Crippen molar-refractivity contribution in [1.29, 1.82) is 0 Å². The number of aryl methyl sites for hydroxylation is 1. The topological polar surface area (TPSA) is 123 Å². The minimum atomic E-state index is -3.71. The quantitative estimate of drug-likeness (QED) is 0.327. The summed E-state index contributed by atoms with van der Waals surface area (Å²) in [5, 5.41) is 15.7. The zero-order valence-corrected chi connectivity index (χ0v) is 20.0. The number of hydrogen-bond donors (Lipinski definition) is 3. The van der Waals surface area contributed by atoms with E-state index in [4.69, 9.17) is 11.6 Å². The van der Waals surface area contributed by atoms with Crippen molar-refractivity contribution in [3.8, 4) is 17.3 Å². The summed E-state index contributed by atoms with van der Waals surface area (Å²) in [5.41, 5.74) is 2.49. The third-order valence-electron chi connectivity index (χ3n) is 5.48. The Morgan fingerprint density at radius 3 is 2.81 bits per heavy atom. The highest BCUT2D eigenvalue weighted by molar-refractivity contribution is 6.31. The van der Waals surface area contributed by atoms with Gasteiger partial charge in [-0.1, -0.05) is 23.7 Å². The Balaban J connectivity index is 1.30. The summed E-state index contributed by atoms with van der Waals surface area (Å²) in [7, 11) is 0. The Morgan fingerprint density at radius 2 is 2.00 bits per heavy atom. The number of carbonyl (C=O) groups excluding carboxylic acids is 1. The van der Waals surface area contributed by atoms with Gasteiger partial charge in [-0.05, 0) is 30.7 Å². The van der Waals surface area contributed by atoms with Gasteiger partial charge in [0, 0.05) is 46.8 Å². The van der Waals surface area contributed by atoms with Crippen molar-refractivity contribution < 1.29 is 28.2 Å². The molecule has 1 amide bonds. The maximum Gasteiger partial charge on any atom is 0.586 e. The number of rotatable bonds is 7. The van der Waals surface area contributed by atoms with Gasteiger partial charge in [-0.25, -0.2) is 9.97 Å². The molecule has 4 aromatic rings. The molecular formula is C24H19ClF2N6O4. The number of hydrogen-bond acceptors (Lipinski definition) is 8. The summed E-state index contributed by atoms with van der Waals surface area (Å²) < 4.78 is 37.0. The van der Waals surface area contributed by atoms with Gasteiger partial charge in [0.25, 0.3) is 5.91 Å². The predicted molar refractivity (Wildman–Crippen MR) is 128 cm³/mol. The normalized spacial score (nSPS) is 13.4. The highest BCUT2D eigenvalue weighted by atomic mass is 35.5. The van der Waals surface area contributed by atoms with Gasteiger partial charge in [0.2, 0.25) is 5.95 Å². The molecule has 13 heteroatoms. The number of alkyl halides is 2. The molecule has 2 aromatic carbocycles. The Morgan fingerprint density at radius 1 is 1.19 bits per heavy atom. The second kappa shape index (κ2) is 9.64. The number of aromatic nitrogens is 4. The van der Waals surface area contributed by atoms with Crippen LogP contribution in [0.2, 0.25) is 5.02 Å². The summed E-state index contributed by atoms with van der Waals surface area (Å²) in [5.74, 6) is 0.0201. The van der Waals surface area contributed by atoms with E-state index in [9.17, 15) is 18.7 Å². The monoisotopic (exact) mass is 528 g/mol. The van der Waals surface area contributed by atoms with Gasteiger partial charge in [-0.3, -0.25) is 9.36 Å². The molecule has 1 aliphatic rings. The predicted octanol–water partition coefficient (Wildman–Crippen LogP) is 4.11. The number of nitrogens with zero attached hydrogens (tertiary/aromatic N) is 4. The Hall–Kier alpha value is -4.29. The third-order valence-corrected chi connectivity index (χ3v) is 5.83. The molecule has 0 atom stereocenters. The van der Waals surface area contributed by atoms with E-state index in [-0.39, 0.29) is 36.3 Å². The van der Waals surface area contributed by atoms with E-state index in [2.05, 4.69) is 35.1 Å². The van der Waals surface area contributed by atoms with E-state index >= 15 is 0 Å². The van der Waals surface area contributed by atoms with Crippen LogP contribution in [0.1, 0.15) is 27.2 Å². The number of ether oxygens (including phenoxy) is 2. The molecule has 0 radical (unpaired) electrons. The van der Waals surface area contributed by atoms with Crippen LogP contribution < -0.4 is 20.1 Å². The molecular weight excluding hydrogens is 510 g/mol. The molecule has 1 aliphatic heterocycles. The number of fused-ring (bicyclic) bond motifs is 1. The van der Waals surface area contributed by atoms with E-state index < -0.39 is 12.2 Å². The highest BCUT2D eigenvalue weighted by Crippen LogP contribution is 2.42. The smallest absolute Gasteiger partial charge is 0.395 e. The minimum Gasteiger partial charge on any atom is -0.395 e. The lowest BCUT2D eigenvalue weighted by Crippen LogP contribution is -2.25. The van der Waals surface area contributed by atoms with Gasteiger partial charge in [0.05, 0.1) is 6.61 Å². The average molecular weight is 529 g/mol. The van der Waals surface area contributed by atoms with E-state index in [1.165, 1.54) is 30.7 Å². The summed E-state index contributed by atoms with van der Waals surface area (Å²) in [6.45, 7) is 1.70. The molecule has 37 heavy (non-hydrogen) atoms. The van der Waals surface area contributed by atoms with Gasteiger partial charge in [-0.15, -0.1) is 8.78 Å². The van der Waals surface area contributed by atoms with Crippen LogP contribution >= 0.6 is 11.6 Å². The first kappa shape index (κ1) is 24.4. The van der Waals surface area contributed by atoms with Crippen LogP contribution in [0.4, 0.5) is 20.4 Å². The van der Waals surface area contributed by atoms with Crippen molar-refractivity contribution in [2.24, 2.45) is 0 Å². The minimum absolute atomic E-state index is 0.0757. The standard InChI is InChI=1S/C24H19ClF2N6O4/c1-13-8-29-23(31-15-5-6-19-20(7-15)37-24(26,27)36-19)32-21(13)33-10-18(30-12-33)22(35)28-9-14-3-2-4-17(25)16(14)11-34/h2-8,10,12,34H,9,11H2,1H3,(H,28,35)(H,29,31,32). The van der Waals surface area contributed by atoms with Gasteiger partial charge in [-0.2, -0.15) is 4.98 Å². The molecule has 0 saturated heterocycles. The summed E-state index contributed by atoms with van der Waals surface area (Å²) in [6, 6.07) is 9.38. The number of anilines is 2. The van der Waals surface area contributed by atoms with Crippen LogP contribution in [-0.2, 0) is 13.2 Å². The maximum atomic E-state index is 13.3. The first-order valence-corrected chi connectivity index (χ1v) is 11.3. The fraction of sp³-hybridized carbons (Fsp3) is 0.167. The third kappa shape index (κ3) is 5.15. The fourth-order valence-corrected chi connectivity index (χ4v) is 3.93. The van der Waals surface area contributed by atoms with Crippen LogP contribution in [-0.4, -0.2) is 36.8 Å². The molecule has 5 rings (SSSR count). The second-order valence-electron chi connectivity index (χ2n) is 8.04. The number of aliphatic hydroxyl groups is 1.